The highest BCUT2D eigenvalue weighted by Crippen LogP contribution is 2.14. The average Bonchev–Trinajstić information content (AvgIpc) is 2.93. The molecule has 0 atom stereocenters. The fraction of sp³-hybridized carbons (Fsp3) is 0.286. The first-order valence-corrected chi connectivity index (χ1v) is 6.13. The summed E-state index contributed by atoms with van der Waals surface area (Å²) >= 11 is 0. The number of anilines is 1. The van der Waals surface area contributed by atoms with E-state index < -0.39 is 5.54 Å². The predicted molar refractivity (Wildman–Crippen MR) is 75.3 cm³/mol. The lowest BCUT2D eigenvalue weighted by Gasteiger charge is -2.22. The SMILES string of the molecule is CNC(C)(C)C(=O)Nc1ccc(-n2cccn2)cc1. The van der Waals surface area contributed by atoms with Crippen LogP contribution in [0.25, 0.3) is 5.69 Å². The van der Waals surface area contributed by atoms with Crippen molar-refractivity contribution in [2.75, 3.05) is 12.4 Å². The smallest absolute Gasteiger partial charge is 0.244 e. The van der Waals surface area contributed by atoms with Gasteiger partial charge in [0, 0.05) is 18.1 Å². The second-order valence-electron chi connectivity index (χ2n) is 4.83. The first-order valence-electron chi connectivity index (χ1n) is 6.13. The van der Waals surface area contributed by atoms with Crippen molar-refractivity contribution in [1.82, 2.24) is 15.1 Å². The molecule has 0 spiro atoms. The summed E-state index contributed by atoms with van der Waals surface area (Å²) in [5.41, 5.74) is 1.13. The summed E-state index contributed by atoms with van der Waals surface area (Å²) < 4.78 is 1.77. The Bertz CT molecular complexity index is 543. The second-order valence-corrected chi connectivity index (χ2v) is 4.83. The van der Waals surface area contributed by atoms with Crippen molar-refractivity contribution in [2.24, 2.45) is 0 Å². The molecule has 1 amide bonds. The normalized spacial score (nSPS) is 11.3. The highest BCUT2D eigenvalue weighted by molar-refractivity contribution is 5.97. The summed E-state index contributed by atoms with van der Waals surface area (Å²) in [6.45, 7) is 3.67. The van der Waals surface area contributed by atoms with Crippen molar-refractivity contribution in [1.29, 1.82) is 0 Å². The van der Waals surface area contributed by atoms with Gasteiger partial charge >= 0.3 is 0 Å². The summed E-state index contributed by atoms with van der Waals surface area (Å²) in [5, 5.41) is 9.99. The lowest BCUT2D eigenvalue weighted by molar-refractivity contribution is -0.121. The van der Waals surface area contributed by atoms with E-state index in [1.807, 2.05) is 50.4 Å². The first-order chi connectivity index (χ1) is 9.03. The van der Waals surface area contributed by atoms with E-state index in [0.717, 1.165) is 11.4 Å². The Kier molecular flexibility index (Phi) is 3.66. The molecule has 0 aliphatic carbocycles. The molecule has 0 aliphatic heterocycles. The van der Waals surface area contributed by atoms with Gasteiger partial charge in [-0.15, -0.1) is 0 Å². The third-order valence-corrected chi connectivity index (χ3v) is 3.09. The van der Waals surface area contributed by atoms with Crippen molar-refractivity contribution < 1.29 is 4.79 Å². The monoisotopic (exact) mass is 258 g/mol. The zero-order valence-electron chi connectivity index (χ0n) is 11.3. The van der Waals surface area contributed by atoms with Gasteiger partial charge in [0.2, 0.25) is 5.91 Å². The van der Waals surface area contributed by atoms with Crippen LogP contribution in [0.15, 0.2) is 42.7 Å². The standard InChI is InChI=1S/C14H18N4O/c1-14(2,15-3)13(19)17-11-5-7-12(8-6-11)18-10-4-9-16-18/h4-10,15H,1-3H3,(H,17,19). The van der Waals surface area contributed by atoms with E-state index in [0.29, 0.717) is 0 Å². The van der Waals surface area contributed by atoms with Crippen LogP contribution in [0.5, 0.6) is 0 Å². The number of hydrogen-bond donors (Lipinski definition) is 2. The van der Waals surface area contributed by atoms with E-state index in [9.17, 15) is 4.79 Å². The number of likely N-dealkylation sites (N-methyl/N-ethyl adjacent to an activating group) is 1. The van der Waals surface area contributed by atoms with Crippen molar-refractivity contribution in [2.45, 2.75) is 19.4 Å². The molecule has 0 saturated heterocycles. The molecule has 2 aromatic rings. The highest BCUT2D eigenvalue weighted by atomic mass is 16.2. The van der Waals surface area contributed by atoms with Crippen LogP contribution in [0.2, 0.25) is 0 Å². The van der Waals surface area contributed by atoms with E-state index in [-0.39, 0.29) is 5.91 Å². The molecule has 0 radical (unpaired) electrons. The summed E-state index contributed by atoms with van der Waals surface area (Å²) in [6, 6.07) is 9.41. The van der Waals surface area contributed by atoms with Gasteiger partial charge in [0.1, 0.15) is 0 Å². The Morgan fingerprint density at radius 3 is 2.47 bits per heavy atom. The number of benzene rings is 1. The minimum atomic E-state index is -0.597. The van der Waals surface area contributed by atoms with Crippen molar-refractivity contribution in [3.63, 3.8) is 0 Å². The average molecular weight is 258 g/mol. The molecule has 0 fully saturated rings. The zero-order valence-corrected chi connectivity index (χ0v) is 11.3. The number of nitrogens with zero attached hydrogens (tertiary/aromatic N) is 2. The molecule has 0 bridgehead atoms. The topological polar surface area (TPSA) is 59.0 Å². The van der Waals surface area contributed by atoms with E-state index in [1.54, 1.807) is 17.9 Å². The van der Waals surface area contributed by atoms with Crippen LogP contribution >= 0.6 is 0 Å². The molecule has 5 heteroatoms. The van der Waals surface area contributed by atoms with Gasteiger partial charge in [-0.05, 0) is 51.2 Å². The predicted octanol–water partition coefficient (Wildman–Crippen LogP) is 1.81. The highest BCUT2D eigenvalue weighted by Gasteiger charge is 2.24. The maximum atomic E-state index is 12.0. The van der Waals surface area contributed by atoms with Gasteiger partial charge in [-0.25, -0.2) is 4.68 Å². The molecule has 100 valence electrons. The Morgan fingerprint density at radius 1 is 1.26 bits per heavy atom. The molecule has 1 aromatic carbocycles. The van der Waals surface area contributed by atoms with Gasteiger partial charge in [0.25, 0.3) is 0 Å². The van der Waals surface area contributed by atoms with E-state index >= 15 is 0 Å². The first kappa shape index (κ1) is 13.3. The lowest BCUT2D eigenvalue weighted by Crippen LogP contribution is -2.47. The maximum absolute atomic E-state index is 12.0. The van der Waals surface area contributed by atoms with Gasteiger partial charge in [-0.2, -0.15) is 5.10 Å². The molecule has 1 aromatic heterocycles. The third-order valence-electron chi connectivity index (χ3n) is 3.09. The summed E-state index contributed by atoms with van der Waals surface area (Å²) in [6.07, 6.45) is 3.60. The van der Waals surface area contributed by atoms with Gasteiger partial charge in [0.15, 0.2) is 0 Å². The van der Waals surface area contributed by atoms with Crippen LogP contribution in [-0.4, -0.2) is 28.3 Å². The Hall–Kier alpha value is -2.14. The number of hydrogen-bond acceptors (Lipinski definition) is 3. The number of carbonyl (C=O) groups excluding carboxylic acids is 1. The fourth-order valence-corrected chi connectivity index (χ4v) is 1.52. The summed E-state index contributed by atoms with van der Waals surface area (Å²) in [4.78, 5) is 12.0. The minimum absolute atomic E-state index is 0.0677. The molecular formula is C14H18N4O. The number of aromatic nitrogens is 2. The molecule has 5 nitrogen and oxygen atoms in total. The fourth-order valence-electron chi connectivity index (χ4n) is 1.52. The van der Waals surface area contributed by atoms with E-state index in [4.69, 9.17) is 0 Å². The summed E-state index contributed by atoms with van der Waals surface area (Å²) in [7, 11) is 1.76. The molecular weight excluding hydrogens is 240 g/mol. The van der Waals surface area contributed by atoms with Gasteiger partial charge in [-0.1, -0.05) is 0 Å². The Morgan fingerprint density at radius 2 is 1.95 bits per heavy atom. The number of rotatable bonds is 4. The number of carbonyl (C=O) groups is 1. The second kappa shape index (κ2) is 5.24. The number of amides is 1. The van der Waals surface area contributed by atoms with Crippen molar-refractivity contribution >= 4 is 11.6 Å². The van der Waals surface area contributed by atoms with Crippen LogP contribution in [0.1, 0.15) is 13.8 Å². The Labute approximate surface area is 112 Å². The number of nitrogens with one attached hydrogen (secondary N) is 2. The lowest BCUT2D eigenvalue weighted by atomic mass is 10.1. The molecule has 0 aliphatic rings. The van der Waals surface area contributed by atoms with Crippen molar-refractivity contribution in [3.05, 3.63) is 42.7 Å². The van der Waals surface area contributed by atoms with E-state index in [1.165, 1.54) is 0 Å². The molecule has 1 heterocycles. The largest absolute Gasteiger partial charge is 0.325 e. The van der Waals surface area contributed by atoms with Crippen LogP contribution < -0.4 is 10.6 Å². The minimum Gasteiger partial charge on any atom is -0.325 e. The van der Waals surface area contributed by atoms with Crippen LogP contribution in [0, 0.1) is 0 Å². The van der Waals surface area contributed by atoms with Crippen LogP contribution in [-0.2, 0) is 4.79 Å². The molecule has 2 rings (SSSR count). The third kappa shape index (κ3) is 3.00. The van der Waals surface area contributed by atoms with Crippen molar-refractivity contribution in [3.8, 4) is 5.69 Å². The van der Waals surface area contributed by atoms with Gasteiger partial charge in [0.05, 0.1) is 11.2 Å². The van der Waals surface area contributed by atoms with E-state index in [2.05, 4.69) is 15.7 Å². The van der Waals surface area contributed by atoms with Crippen LogP contribution in [0.4, 0.5) is 5.69 Å². The zero-order chi connectivity index (χ0) is 13.9. The molecule has 0 unspecified atom stereocenters. The summed E-state index contributed by atoms with van der Waals surface area (Å²) in [5.74, 6) is -0.0677. The molecule has 2 N–H and O–H groups in total. The molecule has 0 saturated carbocycles. The van der Waals surface area contributed by atoms with Gasteiger partial charge < -0.3 is 10.6 Å². The quantitative estimate of drug-likeness (QED) is 0.879. The maximum Gasteiger partial charge on any atom is 0.244 e. The van der Waals surface area contributed by atoms with Gasteiger partial charge in [-0.3, -0.25) is 4.79 Å². The van der Waals surface area contributed by atoms with Crippen LogP contribution in [0.3, 0.4) is 0 Å². The Balaban J connectivity index is 2.10. The molecule has 19 heavy (non-hydrogen) atoms.